The lowest BCUT2D eigenvalue weighted by Gasteiger charge is -2.32. The van der Waals surface area contributed by atoms with Crippen molar-refractivity contribution in [3.63, 3.8) is 0 Å². The molecule has 6 nitrogen and oxygen atoms in total. The Morgan fingerprint density at radius 1 is 1.47 bits per heavy atom. The van der Waals surface area contributed by atoms with Gasteiger partial charge in [-0.05, 0) is 25.9 Å². The molecule has 1 aromatic heterocycles. The van der Waals surface area contributed by atoms with Gasteiger partial charge in [0, 0.05) is 18.7 Å². The van der Waals surface area contributed by atoms with E-state index in [1.807, 2.05) is 0 Å². The Balaban J connectivity index is 2.00. The molecule has 94 valence electrons. The topological polar surface area (TPSA) is 93.1 Å². The van der Waals surface area contributed by atoms with Crippen LogP contribution in [-0.4, -0.2) is 40.5 Å². The van der Waals surface area contributed by atoms with E-state index in [9.17, 15) is 0 Å². The van der Waals surface area contributed by atoms with Crippen LogP contribution in [0.4, 0.5) is 17.6 Å². The van der Waals surface area contributed by atoms with E-state index in [0.29, 0.717) is 11.9 Å². The first kappa shape index (κ1) is 11.9. The predicted octanol–water partition coefficient (Wildman–Crippen LogP) is 0.537. The highest BCUT2D eigenvalue weighted by molar-refractivity contribution is 5.48. The molecular weight excluding hydrogens is 216 g/mol. The largest absolute Gasteiger partial charge is 0.383 e. The fourth-order valence-electron chi connectivity index (χ4n) is 2.23. The van der Waals surface area contributed by atoms with Crippen LogP contribution < -0.4 is 16.8 Å². The maximum absolute atomic E-state index is 5.64. The summed E-state index contributed by atoms with van der Waals surface area (Å²) in [4.78, 5) is 10.4. The van der Waals surface area contributed by atoms with Gasteiger partial charge in [-0.1, -0.05) is 6.92 Å². The minimum absolute atomic E-state index is 0.218. The van der Waals surface area contributed by atoms with E-state index in [1.165, 1.54) is 13.0 Å². The van der Waals surface area contributed by atoms with Crippen LogP contribution in [-0.2, 0) is 0 Å². The SMILES string of the molecule is CCN1CCCC(Nc2cc(N)nc(N)n2)C1. The number of piperidine rings is 1. The Morgan fingerprint density at radius 3 is 3.00 bits per heavy atom. The summed E-state index contributed by atoms with van der Waals surface area (Å²) in [7, 11) is 0. The molecule has 2 rings (SSSR count). The van der Waals surface area contributed by atoms with Gasteiger partial charge in [0.25, 0.3) is 0 Å². The number of hydrogen-bond acceptors (Lipinski definition) is 6. The third kappa shape index (κ3) is 3.20. The number of anilines is 3. The summed E-state index contributed by atoms with van der Waals surface area (Å²) in [5, 5.41) is 3.37. The molecule has 1 aromatic rings. The van der Waals surface area contributed by atoms with Crippen LogP contribution in [0, 0.1) is 0 Å². The summed E-state index contributed by atoms with van der Waals surface area (Å²) in [5.74, 6) is 1.34. The number of aromatic nitrogens is 2. The Labute approximate surface area is 101 Å². The smallest absolute Gasteiger partial charge is 0.223 e. The number of nitrogens with two attached hydrogens (primary N) is 2. The van der Waals surface area contributed by atoms with Gasteiger partial charge >= 0.3 is 0 Å². The molecule has 0 aromatic carbocycles. The third-order valence-electron chi connectivity index (χ3n) is 3.07. The molecule has 1 unspecified atom stereocenters. The van der Waals surface area contributed by atoms with Crippen LogP contribution in [0.1, 0.15) is 19.8 Å². The monoisotopic (exact) mass is 236 g/mol. The molecule has 2 heterocycles. The number of likely N-dealkylation sites (tertiary alicyclic amines) is 1. The van der Waals surface area contributed by atoms with E-state index < -0.39 is 0 Å². The third-order valence-corrected chi connectivity index (χ3v) is 3.07. The highest BCUT2D eigenvalue weighted by atomic mass is 15.2. The molecular formula is C11H20N6. The molecule has 5 N–H and O–H groups in total. The van der Waals surface area contributed by atoms with Crippen LogP contribution in [0.2, 0.25) is 0 Å². The summed E-state index contributed by atoms with van der Waals surface area (Å²) in [5.41, 5.74) is 11.2. The average molecular weight is 236 g/mol. The normalized spacial score (nSPS) is 21.4. The first-order valence-electron chi connectivity index (χ1n) is 6.06. The van der Waals surface area contributed by atoms with Crippen molar-refractivity contribution >= 4 is 17.6 Å². The molecule has 1 aliphatic heterocycles. The Kier molecular flexibility index (Phi) is 3.63. The van der Waals surface area contributed by atoms with Crippen LogP contribution in [0.25, 0.3) is 0 Å². The zero-order valence-electron chi connectivity index (χ0n) is 10.2. The van der Waals surface area contributed by atoms with Crippen molar-refractivity contribution in [3.05, 3.63) is 6.07 Å². The second-order valence-electron chi connectivity index (χ2n) is 4.41. The number of hydrogen-bond donors (Lipinski definition) is 3. The van der Waals surface area contributed by atoms with E-state index in [4.69, 9.17) is 11.5 Å². The Bertz CT molecular complexity index is 360. The van der Waals surface area contributed by atoms with Crippen molar-refractivity contribution in [3.8, 4) is 0 Å². The van der Waals surface area contributed by atoms with Gasteiger partial charge in [0.2, 0.25) is 5.95 Å². The molecule has 0 saturated carbocycles. The molecule has 1 aliphatic rings. The number of nitrogens with one attached hydrogen (secondary N) is 1. The van der Waals surface area contributed by atoms with E-state index in [-0.39, 0.29) is 5.95 Å². The number of nitrogen functional groups attached to an aromatic ring is 2. The van der Waals surface area contributed by atoms with E-state index >= 15 is 0 Å². The zero-order chi connectivity index (χ0) is 12.3. The van der Waals surface area contributed by atoms with Crippen LogP contribution in [0.5, 0.6) is 0 Å². The van der Waals surface area contributed by atoms with Crippen molar-refractivity contribution < 1.29 is 0 Å². The van der Waals surface area contributed by atoms with E-state index in [1.54, 1.807) is 6.07 Å². The van der Waals surface area contributed by atoms with Gasteiger partial charge in [0.05, 0.1) is 0 Å². The second-order valence-corrected chi connectivity index (χ2v) is 4.41. The van der Waals surface area contributed by atoms with E-state index in [2.05, 4.69) is 27.1 Å². The zero-order valence-corrected chi connectivity index (χ0v) is 10.2. The van der Waals surface area contributed by atoms with Crippen molar-refractivity contribution in [2.45, 2.75) is 25.8 Å². The standard InChI is InChI=1S/C11H20N6/c1-2-17-5-3-4-8(7-17)14-10-6-9(12)15-11(13)16-10/h6,8H,2-5,7H2,1H3,(H5,12,13,14,15,16). The van der Waals surface area contributed by atoms with E-state index in [0.717, 1.165) is 25.3 Å². The van der Waals surface area contributed by atoms with Gasteiger partial charge in [-0.2, -0.15) is 9.97 Å². The van der Waals surface area contributed by atoms with Gasteiger partial charge in [-0.25, -0.2) is 0 Å². The van der Waals surface area contributed by atoms with Crippen LogP contribution in [0.3, 0.4) is 0 Å². The summed E-state index contributed by atoms with van der Waals surface area (Å²) < 4.78 is 0. The molecule has 0 aliphatic carbocycles. The van der Waals surface area contributed by atoms with Gasteiger partial charge in [-0.15, -0.1) is 0 Å². The summed E-state index contributed by atoms with van der Waals surface area (Å²) in [6.07, 6.45) is 2.36. The molecule has 0 spiro atoms. The maximum Gasteiger partial charge on any atom is 0.223 e. The predicted molar refractivity (Wildman–Crippen MR) is 69.6 cm³/mol. The lowest BCUT2D eigenvalue weighted by atomic mass is 10.1. The fourth-order valence-corrected chi connectivity index (χ4v) is 2.23. The summed E-state index contributed by atoms with van der Waals surface area (Å²) in [6, 6.07) is 2.14. The number of likely N-dealkylation sites (N-methyl/N-ethyl adjacent to an activating group) is 1. The lowest BCUT2D eigenvalue weighted by Crippen LogP contribution is -2.42. The van der Waals surface area contributed by atoms with Crippen molar-refractivity contribution in [2.24, 2.45) is 0 Å². The quantitative estimate of drug-likeness (QED) is 0.709. The summed E-state index contributed by atoms with van der Waals surface area (Å²) >= 11 is 0. The van der Waals surface area contributed by atoms with Gasteiger partial charge < -0.3 is 21.7 Å². The summed E-state index contributed by atoms with van der Waals surface area (Å²) in [6.45, 7) is 5.50. The van der Waals surface area contributed by atoms with Gasteiger partial charge in [0.15, 0.2) is 0 Å². The molecule has 1 atom stereocenters. The minimum atomic E-state index is 0.218. The van der Waals surface area contributed by atoms with Crippen molar-refractivity contribution in [1.29, 1.82) is 0 Å². The molecule has 6 heteroatoms. The first-order chi connectivity index (χ1) is 8.17. The Hall–Kier alpha value is -1.56. The number of nitrogens with zero attached hydrogens (tertiary/aromatic N) is 3. The average Bonchev–Trinajstić information content (AvgIpc) is 2.28. The highest BCUT2D eigenvalue weighted by Crippen LogP contribution is 2.16. The Morgan fingerprint density at radius 2 is 2.29 bits per heavy atom. The van der Waals surface area contributed by atoms with Crippen molar-refractivity contribution in [2.75, 3.05) is 36.4 Å². The number of rotatable bonds is 3. The maximum atomic E-state index is 5.64. The van der Waals surface area contributed by atoms with Crippen LogP contribution in [0.15, 0.2) is 6.07 Å². The molecule has 0 radical (unpaired) electrons. The van der Waals surface area contributed by atoms with Crippen LogP contribution >= 0.6 is 0 Å². The first-order valence-corrected chi connectivity index (χ1v) is 6.06. The minimum Gasteiger partial charge on any atom is -0.383 e. The molecule has 17 heavy (non-hydrogen) atoms. The van der Waals surface area contributed by atoms with Crippen molar-refractivity contribution in [1.82, 2.24) is 14.9 Å². The second kappa shape index (κ2) is 5.18. The molecule has 1 saturated heterocycles. The molecule has 0 amide bonds. The lowest BCUT2D eigenvalue weighted by molar-refractivity contribution is 0.226. The highest BCUT2D eigenvalue weighted by Gasteiger charge is 2.18. The molecule has 1 fully saturated rings. The fraction of sp³-hybridized carbons (Fsp3) is 0.636. The molecule has 0 bridgehead atoms. The van der Waals surface area contributed by atoms with Gasteiger partial charge in [0.1, 0.15) is 11.6 Å². The van der Waals surface area contributed by atoms with Gasteiger partial charge in [-0.3, -0.25) is 0 Å².